The number of aromatic nitrogens is 1. The van der Waals surface area contributed by atoms with Gasteiger partial charge < -0.3 is 14.6 Å². The van der Waals surface area contributed by atoms with E-state index in [1.54, 1.807) is 6.08 Å². The van der Waals surface area contributed by atoms with Gasteiger partial charge >= 0.3 is 5.91 Å². The first-order valence-corrected chi connectivity index (χ1v) is 10.2. The molecule has 1 heterocycles. The summed E-state index contributed by atoms with van der Waals surface area (Å²) in [6.45, 7) is 4.21. The van der Waals surface area contributed by atoms with Crippen molar-refractivity contribution >= 4 is 23.2 Å². The van der Waals surface area contributed by atoms with Gasteiger partial charge in [0, 0.05) is 36.1 Å². The minimum Gasteiger partial charge on any atom is -0.494 e. The highest BCUT2D eigenvalue weighted by molar-refractivity contribution is 6.31. The highest BCUT2D eigenvalue weighted by Crippen LogP contribution is 2.29. The van der Waals surface area contributed by atoms with Crippen molar-refractivity contribution in [2.45, 2.75) is 52.2 Å². The lowest BCUT2D eigenvalue weighted by molar-refractivity contribution is 0.100. The van der Waals surface area contributed by atoms with Crippen LogP contribution < -0.4 is 10.9 Å². The molecule has 3 rings (SSSR count). The molecule has 8 heteroatoms. The lowest BCUT2D eigenvalue weighted by Gasteiger charge is -2.21. The van der Waals surface area contributed by atoms with E-state index in [0.717, 1.165) is 18.4 Å². The second-order valence-corrected chi connectivity index (χ2v) is 7.89. The average Bonchev–Trinajstić information content (AvgIpc) is 2.72. The second-order valence-electron chi connectivity index (χ2n) is 7.49. The number of pyridine rings is 1. The minimum atomic E-state index is -0.939. The molecule has 1 aromatic rings. The second kappa shape index (κ2) is 9.71. The monoisotopic (exact) mass is 429 g/mol. The number of amides is 1. The Labute approximate surface area is 179 Å². The number of carbonyl (C=O) groups is 1. The zero-order valence-electron chi connectivity index (χ0n) is 17.0. The summed E-state index contributed by atoms with van der Waals surface area (Å²) >= 11 is 6.31. The van der Waals surface area contributed by atoms with E-state index in [9.17, 15) is 14.5 Å². The van der Waals surface area contributed by atoms with Crippen LogP contribution >= 0.6 is 11.6 Å². The van der Waals surface area contributed by atoms with Gasteiger partial charge in [-0.05, 0) is 39.2 Å². The van der Waals surface area contributed by atoms with E-state index in [1.807, 2.05) is 26.0 Å². The summed E-state index contributed by atoms with van der Waals surface area (Å²) in [5.41, 5.74) is 1.79. The summed E-state index contributed by atoms with van der Waals surface area (Å²) in [4.78, 5) is 35.7. The predicted octanol–water partition coefficient (Wildman–Crippen LogP) is 5.00. The van der Waals surface area contributed by atoms with Gasteiger partial charge in [0.2, 0.25) is 0 Å². The molecule has 0 saturated heterocycles. The number of nitrogens with zero attached hydrogens (tertiary/aromatic N) is 2. The first-order chi connectivity index (χ1) is 14.4. The maximum atomic E-state index is 12.6. The first-order valence-electron chi connectivity index (χ1n) is 9.87. The zero-order valence-corrected chi connectivity index (χ0v) is 17.7. The molecule has 30 heavy (non-hydrogen) atoms. The van der Waals surface area contributed by atoms with Crippen LogP contribution in [0.2, 0.25) is 0 Å². The maximum Gasteiger partial charge on any atom is 0.320 e. The smallest absolute Gasteiger partial charge is 0.320 e. The SMILES string of the molecule is CC(C)OC1=C(Cl)C=C(Nc2cc(=O)n(CC3=CC=CCC3)cc2C(=O)N=O)CC1. The topological polar surface area (TPSA) is 89.8 Å². The molecule has 0 aromatic carbocycles. The molecule has 0 bridgehead atoms. The molecule has 0 radical (unpaired) electrons. The number of hydrogen-bond acceptors (Lipinski definition) is 5. The zero-order chi connectivity index (χ0) is 21.7. The molecule has 2 aliphatic carbocycles. The minimum absolute atomic E-state index is 0.0157. The molecule has 2 aliphatic rings. The molecule has 1 N–H and O–H groups in total. The van der Waals surface area contributed by atoms with Crippen LogP contribution in [0, 0.1) is 4.91 Å². The quantitative estimate of drug-likeness (QED) is 0.616. The first kappa shape index (κ1) is 21.8. The average molecular weight is 430 g/mol. The largest absolute Gasteiger partial charge is 0.494 e. The van der Waals surface area contributed by atoms with Crippen LogP contribution in [-0.4, -0.2) is 16.6 Å². The van der Waals surface area contributed by atoms with Crippen LogP contribution in [0.25, 0.3) is 0 Å². The van der Waals surface area contributed by atoms with Crippen molar-refractivity contribution < 1.29 is 9.53 Å². The van der Waals surface area contributed by atoms with Gasteiger partial charge in [-0.2, -0.15) is 0 Å². The molecule has 0 saturated carbocycles. The van der Waals surface area contributed by atoms with Crippen LogP contribution in [0.3, 0.4) is 0 Å². The third-order valence-corrected chi connectivity index (χ3v) is 5.09. The molecule has 7 nitrogen and oxygen atoms in total. The molecule has 1 aromatic heterocycles. The molecule has 0 unspecified atom stereocenters. The fourth-order valence-corrected chi connectivity index (χ4v) is 3.64. The van der Waals surface area contributed by atoms with Crippen molar-refractivity contribution in [1.82, 2.24) is 4.57 Å². The van der Waals surface area contributed by atoms with Gasteiger partial charge in [-0.15, -0.1) is 4.91 Å². The van der Waals surface area contributed by atoms with Crippen molar-refractivity contribution in [1.29, 1.82) is 0 Å². The Morgan fingerprint density at radius 3 is 2.77 bits per heavy atom. The summed E-state index contributed by atoms with van der Waals surface area (Å²) in [6, 6.07) is 1.32. The Hall–Kier alpha value is -2.93. The summed E-state index contributed by atoms with van der Waals surface area (Å²) in [7, 11) is 0. The van der Waals surface area contributed by atoms with Crippen LogP contribution in [-0.2, 0) is 11.3 Å². The highest BCUT2D eigenvalue weighted by Gasteiger charge is 2.19. The van der Waals surface area contributed by atoms with E-state index in [4.69, 9.17) is 16.3 Å². The third kappa shape index (κ3) is 5.36. The van der Waals surface area contributed by atoms with Crippen molar-refractivity contribution in [2.75, 3.05) is 5.32 Å². The number of nitroso groups, excluding NO2 is 1. The predicted molar refractivity (Wildman–Crippen MR) is 117 cm³/mol. The van der Waals surface area contributed by atoms with Crippen molar-refractivity contribution in [3.63, 3.8) is 0 Å². The lowest BCUT2D eigenvalue weighted by Crippen LogP contribution is -2.23. The number of allylic oxidation sites excluding steroid dienone is 8. The fourth-order valence-electron chi connectivity index (χ4n) is 3.37. The van der Waals surface area contributed by atoms with Crippen molar-refractivity contribution in [3.8, 4) is 0 Å². The van der Waals surface area contributed by atoms with Gasteiger partial charge in [0.05, 0.1) is 22.4 Å². The number of hydrogen-bond donors (Lipinski definition) is 1. The number of ether oxygens (including phenoxy) is 1. The van der Waals surface area contributed by atoms with E-state index in [1.165, 1.54) is 16.8 Å². The highest BCUT2D eigenvalue weighted by atomic mass is 35.5. The van der Waals surface area contributed by atoms with Gasteiger partial charge in [0.25, 0.3) is 5.56 Å². The Kier molecular flexibility index (Phi) is 7.05. The molecular weight excluding hydrogens is 406 g/mol. The van der Waals surface area contributed by atoms with Gasteiger partial charge in [0.1, 0.15) is 5.76 Å². The summed E-state index contributed by atoms with van der Waals surface area (Å²) < 4.78 is 7.11. The third-order valence-electron chi connectivity index (χ3n) is 4.77. The van der Waals surface area contributed by atoms with Crippen molar-refractivity contribution in [2.24, 2.45) is 5.18 Å². The Balaban J connectivity index is 1.90. The molecule has 0 aliphatic heterocycles. The van der Waals surface area contributed by atoms with Crippen molar-refractivity contribution in [3.05, 3.63) is 79.5 Å². The van der Waals surface area contributed by atoms with Crippen LogP contribution in [0.4, 0.5) is 5.69 Å². The normalized spacial score (nSPS) is 16.3. The van der Waals surface area contributed by atoms with E-state index < -0.39 is 5.91 Å². The van der Waals surface area contributed by atoms with Crippen LogP contribution in [0.15, 0.2) is 68.6 Å². The van der Waals surface area contributed by atoms with Crippen LogP contribution in [0.1, 0.15) is 49.9 Å². The van der Waals surface area contributed by atoms with Gasteiger partial charge in [-0.3, -0.25) is 9.59 Å². The number of carbonyl (C=O) groups excluding carboxylic acids is 1. The number of nitrogens with one attached hydrogen (secondary N) is 1. The summed E-state index contributed by atoms with van der Waals surface area (Å²) in [5, 5.41) is 6.08. The molecule has 0 atom stereocenters. The lowest BCUT2D eigenvalue weighted by atomic mass is 10.0. The molecule has 0 spiro atoms. The molecule has 0 fully saturated rings. The fraction of sp³-hybridized carbons (Fsp3) is 0.364. The Bertz CT molecular complexity index is 1030. The number of anilines is 1. The van der Waals surface area contributed by atoms with Gasteiger partial charge in [-0.25, -0.2) is 0 Å². The number of halogens is 1. The van der Waals surface area contributed by atoms with E-state index in [-0.39, 0.29) is 22.9 Å². The summed E-state index contributed by atoms with van der Waals surface area (Å²) in [5.74, 6) is -0.237. The summed E-state index contributed by atoms with van der Waals surface area (Å²) in [6.07, 6.45) is 12.0. The Morgan fingerprint density at radius 2 is 2.13 bits per heavy atom. The maximum absolute atomic E-state index is 12.6. The van der Waals surface area contributed by atoms with E-state index in [2.05, 4.69) is 16.6 Å². The van der Waals surface area contributed by atoms with Gasteiger partial charge in [-0.1, -0.05) is 35.4 Å². The molecule has 1 amide bonds. The standard InChI is InChI=1S/C22H24ClN3O4/c1-14(2)30-20-9-8-16(10-18(20)23)24-19-11-21(27)26(13-17(19)22(28)25-29)12-15-6-4-3-5-7-15/h3-4,6,10-11,13-14,24H,5,7-9,12H2,1-2H3. The Morgan fingerprint density at radius 1 is 1.33 bits per heavy atom. The van der Waals surface area contributed by atoms with E-state index in [0.29, 0.717) is 35.9 Å². The van der Waals surface area contributed by atoms with Crippen LogP contribution in [0.5, 0.6) is 0 Å². The van der Waals surface area contributed by atoms with Gasteiger partial charge in [0.15, 0.2) is 0 Å². The molecule has 158 valence electrons. The molecular formula is C22H24ClN3O4. The van der Waals surface area contributed by atoms with E-state index >= 15 is 0 Å². The number of rotatable bonds is 7.